The predicted molar refractivity (Wildman–Crippen MR) is 152 cm³/mol. The fourth-order valence-electron chi connectivity index (χ4n) is 4.28. The van der Waals surface area contributed by atoms with E-state index in [0.717, 1.165) is 46.2 Å². The maximum absolute atomic E-state index is 14.0. The summed E-state index contributed by atoms with van der Waals surface area (Å²) in [5, 5.41) is 2.95. The van der Waals surface area contributed by atoms with Crippen molar-refractivity contribution >= 4 is 27.5 Å². The summed E-state index contributed by atoms with van der Waals surface area (Å²) in [7, 11) is -3.95. The molecule has 3 aromatic rings. The molecule has 208 valence electrons. The zero-order chi connectivity index (χ0) is 28.4. The highest BCUT2D eigenvalue weighted by molar-refractivity contribution is 7.92. The van der Waals surface area contributed by atoms with Gasteiger partial charge in [0.2, 0.25) is 21.8 Å². The molecule has 1 N–H and O–H groups in total. The minimum Gasteiger partial charge on any atom is -0.354 e. The second-order valence-corrected chi connectivity index (χ2v) is 11.5. The van der Waals surface area contributed by atoms with E-state index in [1.165, 1.54) is 23.1 Å². The number of sulfonamides is 1. The number of carbonyl (C=O) groups excluding carboxylic acids is 2. The molecule has 0 bridgehead atoms. The number of benzene rings is 3. The van der Waals surface area contributed by atoms with E-state index in [9.17, 15) is 22.4 Å². The van der Waals surface area contributed by atoms with Crippen LogP contribution in [0.15, 0.2) is 78.9 Å². The fraction of sp³-hybridized carbons (Fsp3) is 0.333. The largest absolute Gasteiger partial charge is 0.354 e. The van der Waals surface area contributed by atoms with E-state index in [2.05, 4.69) is 5.32 Å². The van der Waals surface area contributed by atoms with Gasteiger partial charge in [-0.05, 0) is 48.2 Å². The van der Waals surface area contributed by atoms with E-state index < -0.39 is 34.3 Å². The number of hydrogen-bond donors (Lipinski definition) is 1. The van der Waals surface area contributed by atoms with Crippen LogP contribution in [0.3, 0.4) is 0 Å². The minimum atomic E-state index is -3.95. The first-order valence-electron chi connectivity index (χ1n) is 13.0. The summed E-state index contributed by atoms with van der Waals surface area (Å²) in [6, 6.07) is 21.1. The van der Waals surface area contributed by atoms with E-state index in [1.54, 1.807) is 0 Å². The second-order valence-electron chi connectivity index (χ2n) is 9.55. The standard InChI is InChI=1S/C30H36FN3O4S/c1-4-5-18-32-30(36)28(19-24-13-7-6-8-14-24)33(21-25-15-10-9-12-23(25)2)29(35)22-34(39(3,37)38)27-17-11-16-26(31)20-27/h6-17,20,28H,4-5,18-19,21-22H2,1-3H3,(H,32,36). The molecule has 0 spiro atoms. The zero-order valence-corrected chi connectivity index (χ0v) is 23.5. The van der Waals surface area contributed by atoms with Gasteiger partial charge in [-0.15, -0.1) is 0 Å². The monoisotopic (exact) mass is 553 g/mol. The predicted octanol–water partition coefficient (Wildman–Crippen LogP) is 4.46. The van der Waals surface area contributed by atoms with Gasteiger partial charge in [0.05, 0.1) is 11.9 Å². The lowest BCUT2D eigenvalue weighted by Gasteiger charge is -2.34. The summed E-state index contributed by atoms with van der Waals surface area (Å²) in [6.07, 6.45) is 2.90. The third kappa shape index (κ3) is 8.64. The molecule has 3 aromatic carbocycles. The van der Waals surface area contributed by atoms with Crippen molar-refractivity contribution in [1.82, 2.24) is 10.2 Å². The van der Waals surface area contributed by atoms with Gasteiger partial charge in [0, 0.05) is 19.5 Å². The SMILES string of the molecule is CCCCNC(=O)C(Cc1ccccc1)N(Cc1ccccc1C)C(=O)CN(c1cccc(F)c1)S(C)(=O)=O. The molecule has 39 heavy (non-hydrogen) atoms. The Hall–Kier alpha value is -3.72. The average Bonchev–Trinajstić information content (AvgIpc) is 2.90. The molecule has 0 fully saturated rings. The Kier molecular flexibility index (Phi) is 10.6. The van der Waals surface area contributed by atoms with Crippen molar-refractivity contribution in [2.24, 2.45) is 0 Å². The van der Waals surface area contributed by atoms with Crippen LogP contribution in [-0.4, -0.2) is 50.5 Å². The molecule has 1 unspecified atom stereocenters. The third-order valence-corrected chi connectivity index (χ3v) is 7.62. The van der Waals surface area contributed by atoms with Crippen LogP contribution in [0.4, 0.5) is 10.1 Å². The van der Waals surface area contributed by atoms with Crippen LogP contribution < -0.4 is 9.62 Å². The lowest BCUT2D eigenvalue weighted by atomic mass is 10.0. The Balaban J connectivity index is 2.04. The molecule has 7 nitrogen and oxygen atoms in total. The Bertz CT molecular complexity index is 1370. The molecule has 0 aliphatic carbocycles. The van der Waals surface area contributed by atoms with Gasteiger partial charge in [-0.1, -0.05) is 74.0 Å². The van der Waals surface area contributed by atoms with E-state index >= 15 is 0 Å². The number of hydrogen-bond acceptors (Lipinski definition) is 4. The maximum Gasteiger partial charge on any atom is 0.244 e. The van der Waals surface area contributed by atoms with Crippen molar-refractivity contribution in [3.8, 4) is 0 Å². The van der Waals surface area contributed by atoms with Gasteiger partial charge < -0.3 is 10.2 Å². The number of unbranched alkanes of at least 4 members (excludes halogenated alkanes) is 1. The van der Waals surface area contributed by atoms with Crippen molar-refractivity contribution in [3.05, 3.63) is 101 Å². The molecule has 9 heteroatoms. The van der Waals surface area contributed by atoms with Crippen LogP contribution in [0.1, 0.15) is 36.5 Å². The topological polar surface area (TPSA) is 86.8 Å². The summed E-state index contributed by atoms with van der Waals surface area (Å²) >= 11 is 0. The van der Waals surface area contributed by atoms with E-state index in [1.807, 2.05) is 68.4 Å². The highest BCUT2D eigenvalue weighted by Crippen LogP contribution is 2.22. The van der Waals surface area contributed by atoms with Crippen molar-refractivity contribution in [3.63, 3.8) is 0 Å². The Morgan fingerprint density at radius 2 is 1.67 bits per heavy atom. The molecule has 0 aliphatic heterocycles. The summed E-state index contributed by atoms with van der Waals surface area (Å²) in [4.78, 5) is 29.0. The molecule has 0 radical (unpaired) electrons. The second kappa shape index (κ2) is 13.9. The molecular formula is C30H36FN3O4S. The van der Waals surface area contributed by atoms with Crippen LogP contribution in [0.5, 0.6) is 0 Å². The highest BCUT2D eigenvalue weighted by Gasteiger charge is 2.33. The maximum atomic E-state index is 14.0. The van der Waals surface area contributed by atoms with Crippen molar-refractivity contribution < 1.29 is 22.4 Å². The summed E-state index contributed by atoms with van der Waals surface area (Å²) in [5.74, 6) is -1.51. The first kappa shape index (κ1) is 29.8. The van der Waals surface area contributed by atoms with Crippen molar-refractivity contribution in [1.29, 1.82) is 0 Å². The average molecular weight is 554 g/mol. The van der Waals surface area contributed by atoms with Gasteiger partial charge in [0.15, 0.2) is 0 Å². The number of nitrogens with zero attached hydrogens (tertiary/aromatic N) is 2. The molecule has 0 aromatic heterocycles. The van der Waals surface area contributed by atoms with Gasteiger partial charge in [-0.2, -0.15) is 0 Å². The van der Waals surface area contributed by atoms with Crippen LogP contribution in [0.2, 0.25) is 0 Å². The van der Waals surface area contributed by atoms with E-state index in [-0.39, 0.29) is 24.6 Å². The molecule has 2 amide bonds. The number of aryl methyl sites for hydroxylation is 1. The minimum absolute atomic E-state index is 0.0358. The van der Waals surface area contributed by atoms with Crippen LogP contribution in [-0.2, 0) is 32.6 Å². The van der Waals surface area contributed by atoms with E-state index in [0.29, 0.717) is 6.54 Å². The number of amides is 2. The smallest absolute Gasteiger partial charge is 0.244 e. The van der Waals surface area contributed by atoms with Crippen LogP contribution in [0, 0.1) is 12.7 Å². The molecule has 3 rings (SSSR count). The van der Waals surface area contributed by atoms with Crippen molar-refractivity contribution in [2.75, 3.05) is 23.7 Å². The van der Waals surface area contributed by atoms with Crippen LogP contribution >= 0.6 is 0 Å². The number of anilines is 1. The molecule has 0 aliphatic rings. The summed E-state index contributed by atoms with van der Waals surface area (Å²) < 4.78 is 40.3. The van der Waals surface area contributed by atoms with E-state index in [4.69, 9.17) is 0 Å². The zero-order valence-electron chi connectivity index (χ0n) is 22.6. The van der Waals surface area contributed by atoms with Gasteiger partial charge in [0.25, 0.3) is 0 Å². The summed E-state index contributed by atoms with van der Waals surface area (Å²) in [6.45, 7) is 3.92. The number of halogens is 1. The lowest BCUT2D eigenvalue weighted by Crippen LogP contribution is -2.53. The lowest BCUT2D eigenvalue weighted by molar-refractivity contribution is -0.140. The number of nitrogens with one attached hydrogen (secondary N) is 1. The molecule has 0 heterocycles. The Morgan fingerprint density at radius 3 is 2.31 bits per heavy atom. The Morgan fingerprint density at radius 1 is 0.974 bits per heavy atom. The first-order valence-corrected chi connectivity index (χ1v) is 14.8. The molecule has 0 saturated heterocycles. The number of carbonyl (C=O) groups is 2. The van der Waals surface area contributed by atoms with Crippen LogP contribution in [0.25, 0.3) is 0 Å². The van der Waals surface area contributed by atoms with Crippen molar-refractivity contribution in [2.45, 2.75) is 45.7 Å². The highest BCUT2D eigenvalue weighted by atomic mass is 32.2. The molecule has 0 saturated carbocycles. The summed E-state index contributed by atoms with van der Waals surface area (Å²) in [5.41, 5.74) is 2.67. The van der Waals surface area contributed by atoms with Gasteiger partial charge >= 0.3 is 0 Å². The first-order chi connectivity index (χ1) is 18.6. The normalized spacial score (nSPS) is 12.0. The van der Waals surface area contributed by atoms with Gasteiger partial charge in [0.1, 0.15) is 18.4 Å². The Labute approximate surface area is 230 Å². The third-order valence-electron chi connectivity index (χ3n) is 6.48. The van der Waals surface area contributed by atoms with Gasteiger partial charge in [-0.3, -0.25) is 13.9 Å². The number of rotatable bonds is 13. The quantitative estimate of drug-likeness (QED) is 0.317. The van der Waals surface area contributed by atoms with Gasteiger partial charge in [-0.25, -0.2) is 12.8 Å². The molecule has 1 atom stereocenters. The molecular weight excluding hydrogens is 517 g/mol. The fourth-order valence-corrected chi connectivity index (χ4v) is 5.12.